The Morgan fingerprint density at radius 3 is 0.938 bits per heavy atom. The summed E-state index contributed by atoms with van der Waals surface area (Å²) >= 11 is 0. The quantitative estimate of drug-likeness (QED) is 0.0869. The van der Waals surface area contributed by atoms with E-state index in [0.717, 1.165) is 0 Å². The topological polar surface area (TPSA) is 311 Å². The Kier molecular flexibility index (Phi) is 9.34. The highest BCUT2D eigenvalue weighted by Gasteiger charge is 2.72. The Labute approximate surface area is 172 Å². The zero-order valence-electron chi connectivity index (χ0n) is 15.5. The van der Waals surface area contributed by atoms with Crippen molar-refractivity contribution in [3.05, 3.63) is 60.7 Å². The zero-order valence-corrected chi connectivity index (χ0v) is 15.5. The van der Waals surface area contributed by atoms with Crippen LogP contribution in [0.3, 0.4) is 0 Å². The molecule has 0 heterocycles. The van der Waals surface area contributed by atoms with Gasteiger partial charge in [0.25, 0.3) is 0 Å². The van der Waals surface area contributed by atoms with Crippen LogP contribution < -0.4 is 0 Å². The fourth-order valence-electron chi connectivity index (χ4n) is 1.75. The molecule has 0 aromatic rings. The van der Waals surface area contributed by atoms with Crippen LogP contribution >= 0.6 is 0 Å². The van der Waals surface area contributed by atoms with Gasteiger partial charge in [0, 0.05) is 12.8 Å². The number of hydrogen-bond acceptors (Lipinski definition) is 16. The number of carbonyl (C=O) groups excluding carboxylic acids is 2. The molecule has 0 unspecified atom stereocenters. The molecule has 0 saturated carbocycles. The summed E-state index contributed by atoms with van der Waals surface area (Å²) in [5.41, 5.74) is 0. The van der Waals surface area contributed by atoms with Crippen LogP contribution in [0.15, 0.2) is 0 Å². The number of hydrogen-bond donors (Lipinski definition) is 0. The van der Waals surface area contributed by atoms with Crippen LogP contribution in [-0.4, -0.2) is 66.3 Å². The first-order valence-corrected chi connectivity index (χ1v) is 7.84. The molecule has 0 spiro atoms. The molecule has 0 aliphatic carbocycles. The minimum absolute atomic E-state index is 0.263. The lowest BCUT2D eigenvalue weighted by molar-refractivity contribution is -0.970. The third-order valence-corrected chi connectivity index (χ3v) is 3.62. The van der Waals surface area contributed by atoms with Crippen LogP contribution in [-0.2, 0) is 19.1 Å². The van der Waals surface area contributed by atoms with Gasteiger partial charge in [-0.05, 0) is 12.8 Å². The van der Waals surface area contributed by atoms with Crippen molar-refractivity contribution in [1.82, 2.24) is 0 Å². The van der Waals surface area contributed by atoms with Crippen molar-refractivity contribution in [2.24, 2.45) is 0 Å². The first-order valence-electron chi connectivity index (χ1n) is 7.84. The second-order valence-corrected chi connectivity index (χ2v) is 5.62. The molecule has 0 amide bonds. The van der Waals surface area contributed by atoms with Crippen LogP contribution in [0.2, 0.25) is 0 Å². The van der Waals surface area contributed by atoms with Crippen LogP contribution in [0.4, 0.5) is 0 Å². The van der Waals surface area contributed by atoms with Gasteiger partial charge in [-0.25, -0.2) is 0 Å². The van der Waals surface area contributed by atoms with E-state index in [1.165, 1.54) is 0 Å². The summed E-state index contributed by atoms with van der Waals surface area (Å²) in [6, 6.07) is 0. The summed E-state index contributed by atoms with van der Waals surface area (Å²) in [6.07, 6.45) is -1.80. The third-order valence-electron chi connectivity index (χ3n) is 3.62. The molecule has 0 saturated heterocycles. The smallest absolute Gasteiger partial charge is 0.441 e. The normalized spacial score (nSPS) is 11.1. The average Bonchev–Trinajstić information content (AvgIpc) is 2.64. The predicted molar refractivity (Wildman–Crippen MR) is 87.8 cm³/mol. The highest BCUT2D eigenvalue weighted by molar-refractivity contribution is 5.70. The Hall–Kier alpha value is -4.66. The van der Waals surface area contributed by atoms with E-state index in [1.54, 1.807) is 0 Å². The molecule has 0 aliphatic rings. The van der Waals surface area contributed by atoms with Gasteiger partial charge >= 0.3 is 36.7 Å². The number of nitrogens with zero attached hydrogens (tertiary/aromatic N) is 6. The molecule has 0 aromatic carbocycles. The standard InChI is InChI=1S/C10H12N6O16/c17-7(31-5-9(11(19)20,12(21)22)13(23)24)3-1-2-4-8(18)32-6-10(14(25)26,15(27)28)16(29)30/h1-6H2. The molecule has 22 heteroatoms. The summed E-state index contributed by atoms with van der Waals surface area (Å²) in [4.78, 5) is 75.7. The lowest BCUT2D eigenvalue weighted by atomic mass is 10.2. The molecule has 0 aromatic heterocycles. The number of esters is 2. The SMILES string of the molecule is O=C(CCCCC(=O)OCC([N+](=O)[O-])([N+](=O)[O-])[N+](=O)[O-])OCC([N+](=O)[O-])([N+](=O)[O-])[N+](=O)[O-]. The van der Waals surface area contributed by atoms with Gasteiger partial charge < -0.3 is 9.47 Å². The molecule has 32 heavy (non-hydrogen) atoms. The van der Waals surface area contributed by atoms with Crippen LogP contribution in [0.5, 0.6) is 0 Å². The van der Waals surface area contributed by atoms with Crippen molar-refractivity contribution >= 4 is 11.9 Å². The zero-order chi connectivity index (χ0) is 25.3. The first kappa shape index (κ1) is 27.3. The van der Waals surface area contributed by atoms with Crippen molar-refractivity contribution in [2.75, 3.05) is 13.2 Å². The van der Waals surface area contributed by atoms with Gasteiger partial charge in [0.2, 0.25) is 0 Å². The van der Waals surface area contributed by atoms with Gasteiger partial charge in [-0.3, -0.25) is 70.3 Å². The summed E-state index contributed by atoms with van der Waals surface area (Å²) in [7, 11) is 0. The predicted octanol–water partition coefficient (Wildman–Crippen LogP) is -1.40. The molecule has 0 rings (SSSR count). The summed E-state index contributed by atoms with van der Waals surface area (Å²) < 4.78 is 8.33. The van der Waals surface area contributed by atoms with Crippen molar-refractivity contribution < 1.29 is 48.6 Å². The van der Waals surface area contributed by atoms with Gasteiger partial charge in [-0.2, -0.15) is 0 Å². The Bertz CT molecular complexity index is 699. The van der Waals surface area contributed by atoms with Crippen molar-refractivity contribution in [2.45, 2.75) is 37.3 Å². The van der Waals surface area contributed by atoms with Crippen molar-refractivity contribution in [1.29, 1.82) is 0 Å². The highest BCUT2D eigenvalue weighted by atomic mass is 16.8. The Balaban J connectivity index is 4.65. The maximum Gasteiger partial charge on any atom is 0.734 e. The van der Waals surface area contributed by atoms with Gasteiger partial charge in [0.1, 0.15) is 0 Å². The fourth-order valence-corrected chi connectivity index (χ4v) is 1.75. The Morgan fingerprint density at radius 2 is 0.750 bits per heavy atom. The average molecular weight is 472 g/mol. The highest BCUT2D eigenvalue weighted by Crippen LogP contribution is 2.15. The molecule has 0 N–H and O–H groups in total. The minimum Gasteiger partial charge on any atom is -0.441 e. The fraction of sp³-hybridized carbons (Fsp3) is 0.800. The van der Waals surface area contributed by atoms with Gasteiger partial charge in [0.15, 0.2) is 29.5 Å². The van der Waals surface area contributed by atoms with Gasteiger partial charge in [-0.15, -0.1) is 0 Å². The van der Waals surface area contributed by atoms with E-state index in [4.69, 9.17) is 0 Å². The molecular weight excluding hydrogens is 460 g/mol. The number of carbonyl (C=O) groups is 2. The summed E-state index contributed by atoms with van der Waals surface area (Å²) in [5.74, 6) is -10.7. The molecule has 22 nitrogen and oxygen atoms in total. The third kappa shape index (κ3) is 5.92. The molecular formula is C10H12N6O16. The maximum absolute atomic E-state index is 11.5. The van der Waals surface area contributed by atoms with Crippen molar-refractivity contribution in [3.8, 4) is 0 Å². The number of unbranched alkanes of at least 4 members (excludes halogenated alkanes) is 1. The van der Waals surface area contributed by atoms with Gasteiger partial charge in [-0.1, -0.05) is 0 Å². The number of rotatable bonds is 15. The van der Waals surface area contributed by atoms with E-state index in [-0.39, 0.29) is 12.8 Å². The molecule has 0 aliphatic heterocycles. The summed E-state index contributed by atoms with van der Waals surface area (Å²) in [6.45, 7) is -3.66. The summed E-state index contributed by atoms with van der Waals surface area (Å²) in [5, 5.41) is 64.0. The monoisotopic (exact) mass is 472 g/mol. The second-order valence-electron chi connectivity index (χ2n) is 5.62. The molecule has 0 radical (unpaired) electrons. The first-order chi connectivity index (χ1) is 14.7. The van der Waals surface area contributed by atoms with Crippen LogP contribution in [0.1, 0.15) is 25.7 Å². The number of ether oxygens (including phenoxy) is 2. The molecule has 0 bridgehead atoms. The van der Waals surface area contributed by atoms with E-state index in [9.17, 15) is 70.3 Å². The van der Waals surface area contributed by atoms with E-state index in [1.807, 2.05) is 0 Å². The second kappa shape index (κ2) is 10.9. The molecule has 0 fully saturated rings. The van der Waals surface area contributed by atoms with Crippen LogP contribution in [0, 0.1) is 60.7 Å². The lowest BCUT2D eigenvalue weighted by Gasteiger charge is -2.10. The van der Waals surface area contributed by atoms with Gasteiger partial charge in [0.05, 0.1) is 0 Å². The van der Waals surface area contributed by atoms with E-state index in [0.29, 0.717) is 0 Å². The lowest BCUT2D eigenvalue weighted by Crippen LogP contribution is -2.57. The van der Waals surface area contributed by atoms with Crippen LogP contribution in [0.25, 0.3) is 0 Å². The molecule has 178 valence electrons. The van der Waals surface area contributed by atoms with E-state index in [2.05, 4.69) is 9.47 Å². The Morgan fingerprint density at radius 1 is 0.531 bits per heavy atom. The van der Waals surface area contributed by atoms with E-state index < -0.39 is 79.1 Å². The maximum atomic E-state index is 11.5. The van der Waals surface area contributed by atoms with E-state index >= 15 is 0 Å². The largest absolute Gasteiger partial charge is 0.734 e. The molecule has 0 atom stereocenters. The minimum atomic E-state index is -4.02. The van der Waals surface area contributed by atoms with Crippen molar-refractivity contribution in [3.63, 3.8) is 0 Å². The number of nitro groups is 6.